The Morgan fingerprint density at radius 3 is 2.30 bits per heavy atom. The van der Waals surface area contributed by atoms with Crippen molar-refractivity contribution in [3.8, 4) is 5.88 Å². The standard InChI is InChI=1S/C22H30BrNO3/c1-4-7-16-8-10-17(11-9-16)12-13-19-22(23)20(25)14-21(24-19)27-15-18(5-2)26-6-3/h8-11,14,18H,4-7,12-13,15H2,1-3H3,(H,24,25). The summed E-state index contributed by atoms with van der Waals surface area (Å²) in [6.07, 6.45) is 4.77. The fourth-order valence-corrected chi connectivity index (χ4v) is 3.37. The van der Waals surface area contributed by atoms with Crippen LogP contribution in [0.25, 0.3) is 0 Å². The number of H-pyrrole nitrogens is 1. The highest BCUT2D eigenvalue weighted by atomic mass is 79.9. The number of aromatic nitrogens is 1. The minimum atomic E-state index is -0.0681. The number of pyridine rings is 1. The van der Waals surface area contributed by atoms with E-state index < -0.39 is 0 Å². The van der Waals surface area contributed by atoms with Crippen molar-refractivity contribution in [2.45, 2.75) is 59.0 Å². The molecule has 2 aromatic rings. The average molecular weight is 436 g/mol. The fraction of sp³-hybridized carbons (Fsp3) is 0.500. The lowest BCUT2D eigenvalue weighted by Gasteiger charge is -2.16. The molecule has 148 valence electrons. The first-order valence-electron chi connectivity index (χ1n) is 9.81. The second-order valence-corrected chi connectivity index (χ2v) is 7.45. The zero-order valence-corrected chi connectivity index (χ0v) is 18.1. The van der Waals surface area contributed by atoms with Crippen LogP contribution in [0.2, 0.25) is 0 Å². The Bertz CT molecular complexity index is 755. The van der Waals surface area contributed by atoms with Gasteiger partial charge in [-0.2, -0.15) is 0 Å². The van der Waals surface area contributed by atoms with Gasteiger partial charge in [-0.15, -0.1) is 0 Å². The van der Waals surface area contributed by atoms with Crippen LogP contribution < -0.4 is 10.2 Å². The van der Waals surface area contributed by atoms with Gasteiger partial charge in [-0.05, 0) is 59.7 Å². The van der Waals surface area contributed by atoms with Gasteiger partial charge in [-0.3, -0.25) is 4.79 Å². The van der Waals surface area contributed by atoms with E-state index >= 15 is 0 Å². The summed E-state index contributed by atoms with van der Waals surface area (Å²) in [5.41, 5.74) is 3.42. The third-order valence-corrected chi connectivity index (χ3v) is 5.39. The normalized spacial score (nSPS) is 12.1. The Morgan fingerprint density at radius 2 is 1.70 bits per heavy atom. The second-order valence-electron chi connectivity index (χ2n) is 6.65. The summed E-state index contributed by atoms with van der Waals surface area (Å²) in [6.45, 7) is 7.30. The summed E-state index contributed by atoms with van der Waals surface area (Å²) in [5.74, 6) is 0.495. The highest BCUT2D eigenvalue weighted by Crippen LogP contribution is 2.17. The average Bonchev–Trinajstić information content (AvgIpc) is 2.68. The first kappa shape index (κ1) is 21.7. The van der Waals surface area contributed by atoms with Crippen LogP contribution in [-0.2, 0) is 24.0 Å². The predicted octanol–water partition coefficient (Wildman–Crippen LogP) is 5.07. The van der Waals surface area contributed by atoms with Gasteiger partial charge in [0.25, 0.3) is 0 Å². The lowest BCUT2D eigenvalue weighted by atomic mass is 10.0. The van der Waals surface area contributed by atoms with Gasteiger partial charge >= 0.3 is 0 Å². The Hall–Kier alpha value is -1.59. The summed E-state index contributed by atoms with van der Waals surface area (Å²) in [7, 11) is 0. The quantitative estimate of drug-likeness (QED) is 0.535. The Labute approximate surface area is 170 Å². The van der Waals surface area contributed by atoms with Crippen molar-refractivity contribution in [1.82, 2.24) is 4.98 Å². The highest BCUT2D eigenvalue weighted by molar-refractivity contribution is 9.10. The van der Waals surface area contributed by atoms with Crippen LogP contribution in [0.4, 0.5) is 0 Å². The molecule has 0 aliphatic rings. The van der Waals surface area contributed by atoms with Crippen LogP contribution in [0, 0.1) is 0 Å². The molecule has 1 N–H and O–H groups in total. The molecule has 0 saturated carbocycles. The van der Waals surface area contributed by atoms with E-state index in [1.807, 2.05) is 6.92 Å². The van der Waals surface area contributed by atoms with Gasteiger partial charge in [0.1, 0.15) is 6.61 Å². The molecule has 0 bridgehead atoms. The van der Waals surface area contributed by atoms with E-state index in [2.05, 4.69) is 59.0 Å². The Morgan fingerprint density at radius 1 is 1.04 bits per heavy atom. The third kappa shape index (κ3) is 6.82. The van der Waals surface area contributed by atoms with Crippen molar-refractivity contribution >= 4 is 15.9 Å². The first-order valence-corrected chi connectivity index (χ1v) is 10.6. The van der Waals surface area contributed by atoms with Gasteiger partial charge in [0.15, 0.2) is 11.3 Å². The number of rotatable bonds is 11. The van der Waals surface area contributed by atoms with Crippen LogP contribution in [0.15, 0.2) is 39.6 Å². The zero-order chi connectivity index (χ0) is 19.6. The van der Waals surface area contributed by atoms with E-state index in [0.29, 0.717) is 23.6 Å². The van der Waals surface area contributed by atoms with Gasteiger partial charge < -0.3 is 14.5 Å². The highest BCUT2D eigenvalue weighted by Gasteiger charge is 2.11. The summed E-state index contributed by atoms with van der Waals surface area (Å²) in [6, 6.07) is 10.2. The molecular formula is C22H30BrNO3. The van der Waals surface area contributed by atoms with Gasteiger partial charge in [-0.1, -0.05) is 44.5 Å². The number of hydrogen-bond donors (Lipinski definition) is 1. The topological polar surface area (TPSA) is 51.3 Å². The molecule has 4 nitrogen and oxygen atoms in total. The van der Waals surface area contributed by atoms with Crippen molar-refractivity contribution < 1.29 is 9.47 Å². The monoisotopic (exact) mass is 435 g/mol. The number of nitrogens with one attached hydrogen (secondary N) is 1. The number of ether oxygens (including phenoxy) is 2. The van der Waals surface area contributed by atoms with Crippen molar-refractivity contribution in [2.24, 2.45) is 0 Å². The molecule has 0 fully saturated rings. The molecule has 0 spiro atoms. The van der Waals surface area contributed by atoms with E-state index in [4.69, 9.17) is 9.47 Å². The molecule has 1 atom stereocenters. The molecule has 1 aromatic heterocycles. The zero-order valence-electron chi connectivity index (χ0n) is 16.5. The Balaban J connectivity index is 2.03. The maximum atomic E-state index is 12.3. The molecule has 0 aliphatic heterocycles. The molecule has 0 radical (unpaired) electrons. The molecule has 5 heteroatoms. The second kappa shape index (κ2) is 11.3. The fourth-order valence-electron chi connectivity index (χ4n) is 2.95. The van der Waals surface area contributed by atoms with Crippen LogP contribution in [-0.4, -0.2) is 24.3 Å². The molecule has 0 aliphatic carbocycles. The number of aromatic amines is 1. The number of aryl methyl sites for hydroxylation is 3. The third-order valence-electron chi connectivity index (χ3n) is 4.53. The summed E-state index contributed by atoms with van der Waals surface area (Å²) in [4.78, 5) is 15.5. The molecule has 0 saturated heterocycles. The first-order chi connectivity index (χ1) is 13.1. The van der Waals surface area contributed by atoms with Crippen molar-refractivity contribution in [2.75, 3.05) is 13.2 Å². The molecule has 27 heavy (non-hydrogen) atoms. The van der Waals surface area contributed by atoms with Gasteiger partial charge in [0, 0.05) is 18.4 Å². The molecule has 1 aromatic carbocycles. The number of hydrogen-bond acceptors (Lipinski definition) is 3. The van der Waals surface area contributed by atoms with E-state index in [9.17, 15) is 4.79 Å². The molecule has 1 unspecified atom stereocenters. The van der Waals surface area contributed by atoms with E-state index in [1.165, 1.54) is 17.2 Å². The SMILES string of the molecule is CCCc1ccc(CCc2[nH]c(OCC(CC)OCC)cc(=O)c2Br)cc1. The lowest BCUT2D eigenvalue weighted by molar-refractivity contribution is 0.0243. The van der Waals surface area contributed by atoms with Crippen LogP contribution in [0.1, 0.15) is 50.4 Å². The van der Waals surface area contributed by atoms with Gasteiger partial charge in [0.05, 0.1) is 10.6 Å². The van der Waals surface area contributed by atoms with Crippen molar-refractivity contribution in [3.63, 3.8) is 0 Å². The van der Waals surface area contributed by atoms with Gasteiger partial charge in [-0.25, -0.2) is 0 Å². The lowest BCUT2D eigenvalue weighted by Crippen LogP contribution is -2.22. The maximum absolute atomic E-state index is 12.3. The number of halogens is 1. The largest absolute Gasteiger partial charge is 0.476 e. The minimum Gasteiger partial charge on any atom is -0.476 e. The van der Waals surface area contributed by atoms with E-state index in [-0.39, 0.29) is 11.5 Å². The maximum Gasteiger partial charge on any atom is 0.199 e. The molecular weight excluding hydrogens is 406 g/mol. The van der Waals surface area contributed by atoms with Crippen molar-refractivity contribution in [3.05, 3.63) is 61.8 Å². The van der Waals surface area contributed by atoms with E-state index in [1.54, 1.807) is 0 Å². The summed E-state index contributed by atoms with van der Waals surface area (Å²) < 4.78 is 12.0. The van der Waals surface area contributed by atoms with E-state index in [0.717, 1.165) is 37.8 Å². The van der Waals surface area contributed by atoms with Crippen LogP contribution >= 0.6 is 15.9 Å². The smallest absolute Gasteiger partial charge is 0.199 e. The predicted molar refractivity (Wildman–Crippen MR) is 114 cm³/mol. The number of benzene rings is 1. The molecule has 0 amide bonds. The summed E-state index contributed by atoms with van der Waals surface area (Å²) in [5, 5.41) is 0. The molecule has 2 rings (SSSR count). The van der Waals surface area contributed by atoms with Crippen LogP contribution in [0.5, 0.6) is 5.88 Å². The van der Waals surface area contributed by atoms with Gasteiger partial charge in [0.2, 0.25) is 0 Å². The summed E-state index contributed by atoms with van der Waals surface area (Å²) >= 11 is 3.41. The minimum absolute atomic E-state index is 0.0345. The molecule has 1 heterocycles. The van der Waals surface area contributed by atoms with Crippen LogP contribution in [0.3, 0.4) is 0 Å². The Kier molecular flexibility index (Phi) is 9.08. The van der Waals surface area contributed by atoms with Crippen molar-refractivity contribution in [1.29, 1.82) is 0 Å².